The second kappa shape index (κ2) is 3.18. The highest BCUT2D eigenvalue weighted by Gasteiger charge is 2.07. The van der Waals surface area contributed by atoms with Gasteiger partial charge in [-0.25, -0.2) is 4.98 Å². The van der Waals surface area contributed by atoms with Crippen molar-refractivity contribution >= 4 is 5.82 Å². The van der Waals surface area contributed by atoms with E-state index >= 15 is 0 Å². The Morgan fingerprint density at radius 3 is 2.57 bits per heavy atom. The predicted molar refractivity (Wildman–Crippen MR) is 57.8 cm³/mol. The molecule has 2 rings (SSSR count). The molecule has 3 heteroatoms. The number of hydrogen-bond acceptors (Lipinski definition) is 2. The van der Waals surface area contributed by atoms with Gasteiger partial charge in [0.05, 0.1) is 0 Å². The average Bonchev–Trinajstić information content (AvgIpc) is 2.46. The lowest BCUT2D eigenvalue weighted by Crippen LogP contribution is -1.92. The molecule has 0 aliphatic rings. The Bertz CT molecular complexity index is 457. The summed E-state index contributed by atoms with van der Waals surface area (Å²) in [6.45, 7) is 2.07. The molecule has 0 unspecified atom stereocenters. The molecule has 0 saturated carbocycles. The van der Waals surface area contributed by atoms with Crippen molar-refractivity contribution in [1.82, 2.24) is 9.55 Å². The van der Waals surface area contributed by atoms with Crippen LogP contribution in [0.4, 0.5) is 5.82 Å². The van der Waals surface area contributed by atoms with Crippen LogP contribution in [0.15, 0.2) is 30.5 Å². The molecule has 0 aliphatic heterocycles. The molecule has 2 aromatic rings. The minimum absolute atomic E-state index is 0.561. The number of benzene rings is 1. The highest BCUT2D eigenvalue weighted by molar-refractivity contribution is 5.62. The summed E-state index contributed by atoms with van der Waals surface area (Å²) in [6.07, 6.45) is 1.82. The molecule has 1 aromatic carbocycles. The molecule has 0 bridgehead atoms. The first kappa shape index (κ1) is 8.81. The Kier molecular flexibility index (Phi) is 2.00. The normalized spacial score (nSPS) is 10.4. The van der Waals surface area contributed by atoms with Crippen LogP contribution in [0.2, 0.25) is 0 Å². The van der Waals surface area contributed by atoms with Crippen LogP contribution >= 0.6 is 0 Å². The topological polar surface area (TPSA) is 43.8 Å². The first-order valence-corrected chi connectivity index (χ1v) is 4.53. The second-order valence-corrected chi connectivity index (χ2v) is 3.42. The lowest BCUT2D eigenvalue weighted by Gasteiger charge is -2.04. The monoisotopic (exact) mass is 187 g/mol. The van der Waals surface area contributed by atoms with Gasteiger partial charge in [0.2, 0.25) is 0 Å². The van der Waals surface area contributed by atoms with Crippen LogP contribution in [0.25, 0.3) is 11.4 Å². The van der Waals surface area contributed by atoms with E-state index in [1.54, 1.807) is 0 Å². The lowest BCUT2D eigenvalue weighted by atomic mass is 10.1. The molecule has 0 aliphatic carbocycles. The van der Waals surface area contributed by atoms with Crippen LogP contribution in [0, 0.1) is 6.92 Å². The maximum Gasteiger partial charge on any atom is 0.142 e. The van der Waals surface area contributed by atoms with Crippen LogP contribution in [0.1, 0.15) is 5.56 Å². The van der Waals surface area contributed by atoms with Gasteiger partial charge in [0, 0.05) is 18.8 Å². The van der Waals surface area contributed by atoms with Crippen LogP contribution in [0.5, 0.6) is 0 Å². The highest BCUT2D eigenvalue weighted by Crippen LogP contribution is 2.22. The van der Waals surface area contributed by atoms with E-state index in [1.165, 1.54) is 5.56 Å². The zero-order valence-electron chi connectivity index (χ0n) is 8.36. The second-order valence-electron chi connectivity index (χ2n) is 3.42. The summed E-state index contributed by atoms with van der Waals surface area (Å²) in [5, 5.41) is 0. The SMILES string of the molecule is Cc1ccccc1-c1nc(N)cn1C. The van der Waals surface area contributed by atoms with Crippen molar-refractivity contribution in [3.8, 4) is 11.4 Å². The van der Waals surface area contributed by atoms with E-state index in [2.05, 4.69) is 24.0 Å². The molecule has 0 amide bonds. The Morgan fingerprint density at radius 1 is 1.29 bits per heavy atom. The maximum atomic E-state index is 5.63. The summed E-state index contributed by atoms with van der Waals surface area (Å²) in [5.41, 5.74) is 7.98. The summed E-state index contributed by atoms with van der Waals surface area (Å²) >= 11 is 0. The van der Waals surface area contributed by atoms with E-state index in [9.17, 15) is 0 Å². The maximum absolute atomic E-state index is 5.63. The van der Waals surface area contributed by atoms with Gasteiger partial charge < -0.3 is 10.3 Å². The number of hydrogen-bond donors (Lipinski definition) is 1. The summed E-state index contributed by atoms with van der Waals surface area (Å²) < 4.78 is 1.94. The van der Waals surface area contributed by atoms with Crippen molar-refractivity contribution in [3.05, 3.63) is 36.0 Å². The van der Waals surface area contributed by atoms with Gasteiger partial charge >= 0.3 is 0 Å². The summed E-state index contributed by atoms with van der Waals surface area (Å²) in [5.74, 6) is 1.48. The molecule has 0 spiro atoms. The molecule has 1 aromatic heterocycles. The molecular weight excluding hydrogens is 174 g/mol. The molecule has 0 radical (unpaired) electrons. The largest absolute Gasteiger partial charge is 0.382 e. The number of aryl methyl sites for hydroxylation is 2. The van der Waals surface area contributed by atoms with Gasteiger partial charge in [0.25, 0.3) is 0 Å². The number of nitrogen functional groups attached to an aromatic ring is 1. The van der Waals surface area contributed by atoms with Gasteiger partial charge in [-0.2, -0.15) is 0 Å². The van der Waals surface area contributed by atoms with Crippen molar-refractivity contribution < 1.29 is 0 Å². The van der Waals surface area contributed by atoms with E-state index in [-0.39, 0.29) is 0 Å². The van der Waals surface area contributed by atoms with E-state index in [0.29, 0.717) is 5.82 Å². The number of aromatic nitrogens is 2. The standard InChI is InChI=1S/C11H13N3/c1-8-5-3-4-6-9(8)11-13-10(12)7-14(11)2/h3-7H,12H2,1-2H3. The fraction of sp³-hybridized carbons (Fsp3) is 0.182. The zero-order valence-corrected chi connectivity index (χ0v) is 8.36. The number of nitrogens with zero attached hydrogens (tertiary/aromatic N) is 2. The molecule has 3 nitrogen and oxygen atoms in total. The molecule has 0 atom stereocenters. The average molecular weight is 187 g/mol. The van der Waals surface area contributed by atoms with Gasteiger partial charge in [-0.1, -0.05) is 24.3 Å². The number of rotatable bonds is 1. The van der Waals surface area contributed by atoms with Crippen LogP contribution < -0.4 is 5.73 Å². The van der Waals surface area contributed by atoms with E-state index in [1.807, 2.05) is 29.9 Å². The third-order valence-corrected chi connectivity index (χ3v) is 2.28. The lowest BCUT2D eigenvalue weighted by molar-refractivity contribution is 0.923. The van der Waals surface area contributed by atoms with Crippen LogP contribution in [0.3, 0.4) is 0 Å². The number of nitrogens with two attached hydrogens (primary N) is 1. The third kappa shape index (κ3) is 1.37. The van der Waals surface area contributed by atoms with Crippen molar-refractivity contribution in [3.63, 3.8) is 0 Å². The molecule has 0 fully saturated rings. The number of anilines is 1. The quantitative estimate of drug-likeness (QED) is 0.741. The minimum atomic E-state index is 0.561. The Balaban J connectivity index is 2.60. The van der Waals surface area contributed by atoms with E-state index in [0.717, 1.165) is 11.4 Å². The number of imidazole rings is 1. The summed E-state index contributed by atoms with van der Waals surface area (Å²) in [6, 6.07) is 8.15. The highest BCUT2D eigenvalue weighted by atomic mass is 15.1. The predicted octanol–water partition coefficient (Wildman–Crippen LogP) is 1.98. The van der Waals surface area contributed by atoms with E-state index in [4.69, 9.17) is 5.73 Å². The minimum Gasteiger partial charge on any atom is -0.382 e. The molecule has 14 heavy (non-hydrogen) atoms. The van der Waals surface area contributed by atoms with Crippen molar-refractivity contribution in [1.29, 1.82) is 0 Å². The molecule has 1 heterocycles. The van der Waals surface area contributed by atoms with Gasteiger partial charge in [-0.05, 0) is 12.5 Å². The van der Waals surface area contributed by atoms with Crippen molar-refractivity contribution in [2.24, 2.45) is 7.05 Å². The summed E-state index contributed by atoms with van der Waals surface area (Å²) in [7, 11) is 1.95. The molecule has 2 N–H and O–H groups in total. The zero-order chi connectivity index (χ0) is 10.1. The van der Waals surface area contributed by atoms with Gasteiger partial charge in [-0.15, -0.1) is 0 Å². The molecule has 0 saturated heterocycles. The fourth-order valence-electron chi connectivity index (χ4n) is 1.56. The Hall–Kier alpha value is -1.77. The first-order chi connectivity index (χ1) is 6.68. The van der Waals surface area contributed by atoms with Gasteiger partial charge in [-0.3, -0.25) is 0 Å². The van der Waals surface area contributed by atoms with E-state index < -0.39 is 0 Å². The van der Waals surface area contributed by atoms with Crippen LogP contribution in [-0.2, 0) is 7.05 Å². The van der Waals surface area contributed by atoms with Crippen LogP contribution in [-0.4, -0.2) is 9.55 Å². The smallest absolute Gasteiger partial charge is 0.142 e. The first-order valence-electron chi connectivity index (χ1n) is 4.53. The molecule has 72 valence electrons. The van der Waals surface area contributed by atoms with Gasteiger partial charge in [0.15, 0.2) is 0 Å². The summed E-state index contributed by atoms with van der Waals surface area (Å²) in [4.78, 5) is 4.28. The third-order valence-electron chi connectivity index (χ3n) is 2.28. The Morgan fingerprint density at radius 2 is 2.00 bits per heavy atom. The molecular formula is C11H13N3. The Labute approximate surface area is 83.2 Å². The van der Waals surface area contributed by atoms with Crippen molar-refractivity contribution in [2.45, 2.75) is 6.92 Å². The fourth-order valence-corrected chi connectivity index (χ4v) is 1.56. The van der Waals surface area contributed by atoms with Crippen molar-refractivity contribution in [2.75, 3.05) is 5.73 Å². The van der Waals surface area contributed by atoms with Gasteiger partial charge in [0.1, 0.15) is 11.6 Å².